The fourth-order valence-corrected chi connectivity index (χ4v) is 4.34. The molecule has 10 nitrogen and oxygen atoms in total. The summed E-state index contributed by atoms with van der Waals surface area (Å²) in [5.41, 5.74) is -0.316. The van der Waals surface area contributed by atoms with E-state index in [4.69, 9.17) is 13.6 Å². The van der Waals surface area contributed by atoms with E-state index in [0.29, 0.717) is 11.1 Å². The number of rotatable bonds is 4. The maximum atomic E-state index is 12.9. The molecule has 1 aliphatic heterocycles. The van der Waals surface area contributed by atoms with Gasteiger partial charge in [0.2, 0.25) is 5.75 Å². The highest BCUT2D eigenvalue weighted by molar-refractivity contribution is 5.89. The summed E-state index contributed by atoms with van der Waals surface area (Å²) in [6, 6.07) is 17.9. The third kappa shape index (κ3) is 4.19. The zero-order valence-corrected chi connectivity index (χ0v) is 20.3. The number of hydrogen-bond donors (Lipinski definition) is 5. The van der Waals surface area contributed by atoms with Gasteiger partial charge < -0.3 is 39.1 Å². The Morgan fingerprint density at radius 3 is 1.93 bits per heavy atom. The Morgan fingerprint density at radius 1 is 0.575 bits per heavy atom. The van der Waals surface area contributed by atoms with Crippen LogP contribution in [0.25, 0.3) is 44.9 Å². The van der Waals surface area contributed by atoms with Crippen LogP contribution in [0.15, 0.2) is 97.3 Å². The molecule has 6 rings (SSSR count). The molecular formula is C30H18O10. The van der Waals surface area contributed by atoms with Gasteiger partial charge in [-0.2, -0.15) is 0 Å². The SMILES string of the molecule is O=c1cc(O)cc2oc(-c3ccc(Oc4c(O)cc5oc(-c6ccc(O)cc6)cc(=O)c5c4O)cc3)cc(O)c1-2. The van der Waals surface area contributed by atoms with Gasteiger partial charge in [-0.3, -0.25) is 9.59 Å². The Balaban J connectivity index is 1.34. The van der Waals surface area contributed by atoms with Gasteiger partial charge in [-0.05, 0) is 48.5 Å². The molecule has 4 aromatic rings. The second-order valence-corrected chi connectivity index (χ2v) is 8.91. The van der Waals surface area contributed by atoms with E-state index in [1.807, 2.05) is 0 Å². The normalized spacial score (nSPS) is 11.2. The third-order valence-corrected chi connectivity index (χ3v) is 6.23. The van der Waals surface area contributed by atoms with Crippen LogP contribution in [0.3, 0.4) is 0 Å². The molecule has 0 unspecified atom stereocenters. The van der Waals surface area contributed by atoms with Crippen molar-refractivity contribution in [3.05, 3.63) is 99.3 Å². The molecule has 198 valence electrons. The lowest BCUT2D eigenvalue weighted by molar-refractivity contribution is 0.378. The lowest BCUT2D eigenvalue weighted by Gasteiger charge is -2.13. The van der Waals surface area contributed by atoms with Crippen molar-refractivity contribution >= 4 is 11.0 Å². The number of ether oxygens (including phenoxy) is 1. The van der Waals surface area contributed by atoms with E-state index in [1.54, 1.807) is 24.3 Å². The highest BCUT2D eigenvalue weighted by atomic mass is 16.5. The monoisotopic (exact) mass is 538 g/mol. The Labute approximate surface area is 223 Å². The first-order valence-corrected chi connectivity index (χ1v) is 11.8. The molecule has 3 aromatic carbocycles. The van der Waals surface area contributed by atoms with Crippen molar-refractivity contribution in [1.29, 1.82) is 0 Å². The largest absolute Gasteiger partial charge is 0.508 e. The van der Waals surface area contributed by atoms with Crippen LogP contribution in [0.4, 0.5) is 0 Å². The molecule has 40 heavy (non-hydrogen) atoms. The molecule has 2 aliphatic rings. The average Bonchev–Trinajstić information content (AvgIpc) is 2.90. The van der Waals surface area contributed by atoms with Gasteiger partial charge in [-0.25, -0.2) is 0 Å². The van der Waals surface area contributed by atoms with Crippen LogP contribution in [0.5, 0.6) is 40.2 Å². The Kier molecular flexibility index (Phi) is 5.58. The molecule has 0 saturated carbocycles. The van der Waals surface area contributed by atoms with Crippen molar-refractivity contribution in [3.8, 4) is 74.2 Å². The smallest absolute Gasteiger partial charge is 0.211 e. The first-order chi connectivity index (χ1) is 19.2. The van der Waals surface area contributed by atoms with Gasteiger partial charge in [0, 0.05) is 41.5 Å². The van der Waals surface area contributed by atoms with Crippen molar-refractivity contribution in [2.75, 3.05) is 0 Å². The zero-order chi connectivity index (χ0) is 28.1. The molecule has 0 radical (unpaired) electrons. The predicted octanol–water partition coefficient (Wildman–Crippen LogP) is 5.51. The summed E-state index contributed by atoms with van der Waals surface area (Å²) >= 11 is 0. The van der Waals surface area contributed by atoms with Crippen molar-refractivity contribution in [3.63, 3.8) is 0 Å². The maximum Gasteiger partial charge on any atom is 0.211 e. The fraction of sp³-hybridized carbons (Fsp3) is 0. The molecule has 0 amide bonds. The second-order valence-electron chi connectivity index (χ2n) is 8.91. The van der Waals surface area contributed by atoms with Gasteiger partial charge in [0.15, 0.2) is 22.4 Å². The zero-order valence-electron chi connectivity index (χ0n) is 20.3. The summed E-state index contributed by atoms with van der Waals surface area (Å²) < 4.78 is 17.1. The fourth-order valence-electron chi connectivity index (χ4n) is 4.34. The Hall–Kier alpha value is -5.90. The summed E-state index contributed by atoms with van der Waals surface area (Å²) in [5, 5.41) is 50.7. The summed E-state index contributed by atoms with van der Waals surface area (Å²) in [7, 11) is 0. The van der Waals surface area contributed by atoms with Gasteiger partial charge in [0.25, 0.3) is 0 Å². The number of phenolic OH excluding ortho intramolecular Hbond substituents is 4. The Bertz CT molecular complexity index is 2000. The lowest BCUT2D eigenvalue weighted by Crippen LogP contribution is -2.04. The average molecular weight is 538 g/mol. The van der Waals surface area contributed by atoms with E-state index >= 15 is 0 Å². The van der Waals surface area contributed by atoms with Crippen molar-refractivity contribution in [2.24, 2.45) is 0 Å². The summed E-state index contributed by atoms with van der Waals surface area (Å²) in [4.78, 5) is 24.9. The minimum absolute atomic E-state index is 0.00117. The molecule has 2 heterocycles. The van der Waals surface area contributed by atoms with Crippen molar-refractivity contribution in [1.82, 2.24) is 0 Å². The molecule has 10 heteroatoms. The van der Waals surface area contributed by atoms with Crippen LogP contribution in [0.2, 0.25) is 0 Å². The standard InChI is InChI=1S/C30H18O10/c31-16-5-1-14(2-6-16)24-12-21(35)28-26(40-24)13-22(36)30(29(28)37)38-18-7-3-15(4-8-18)23-11-20(34)27-19(33)9-17(32)10-25(27)39-23/h1-13,31-32,34,36-37H. The molecule has 0 fully saturated rings. The van der Waals surface area contributed by atoms with Crippen LogP contribution < -0.4 is 15.6 Å². The number of hydrogen-bond acceptors (Lipinski definition) is 10. The highest BCUT2D eigenvalue weighted by Crippen LogP contribution is 2.44. The number of benzene rings is 4. The number of fused-ring (bicyclic) bond motifs is 2. The van der Waals surface area contributed by atoms with E-state index in [-0.39, 0.29) is 62.6 Å². The molecular weight excluding hydrogens is 520 g/mol. The molecule has 0 atom stereocenters. The minimum atomic E-state index is -0.618. The molecule has 0 bridgehead atoms. The van der Waals surface area contributed by atoms with E-state index in [1.165, 1.54) is 42.5 Å². The van der Waals surface area contributed by atoms with E-state index < -0.39 is 22.4 Å². The van der Waals surface area contributed by atoms with Crippen LogP contribution in [-0.4, -0.2) is 25.5 Å². The van der Waals surface area contributed by atoms with E-state index in [0.717, 1.165) is 12.1 Å². The number of phenols is 4. The van der Waals surface area contributed by atoms with Crippen molar-refractivity contribution < 1.29 is 39.1 Å². The van der Waals surface area contributed by atoms with Crippen LogP contribution in [-0.2, 0) is 0 Å². The summed E-state index contributed by atoms with van der Waals surface area (Å²) in [5.74, 6) is -1.50. The molecule has 5 N–H and O–H groups in total. The summed E-state index contributed by atoms with van der Waals surface area (Å²) in [6.07, 6.45) is 0. The minimum Gasteiger partial charge on any atom is -0.508 e. The van der Waals surface area contributed by atoms with E-state index in [9.17, 15) is 35.1 Å². The molecule has 0 spiro atoms. The highest BCUT2D eigenvalue weighted by Gasteiger charge is 2.21. The van der Waals surface area contributed by atoms with E-state index in [2.05, 4.69) is 0 Å². The maximum absolute atomic E-state index is 12.9. The molecule has 1 aromatic heterocycles. The van der Waals surface area contributed by atoms with Gasteiger partial charge in [-0.1, -0.05) is 0 Å². The van der Waals surface area contributed by atoms with Crippen LogP contribution >= 0.6 is 0 Å². The van der Waals surface area contributed by atoms with Crippen molar-refractivity contribution in [2.45, 2.75) is 0 Å². The second kappa shape index (κ2) is 9.14. The van der Waals surface area contributed by atoms with Crippen LogP contribution in [0.1, 0.15) is 0 Å². The van der Waals surface area contributed by atoms with Gasteiger partial charge in [-0.15, -0.1) is 0 Å². The Morgan fingerprint density at radius 2 is 1.23 bits per heavy atom. The lowest BCUT2D eigenvalue weighted by atomic mass is 10.1. The molecule has 1 aliphatic carbocycles. The van der Waals surface area contributed by atoms with Gasteiger partial charge >= 0.3 is 0 Å². The van der Waals surface area contributed by atoms with Gasteiger partial charge in [0.05, 0.1) is 0 Å². The first kappa shape index (κ1) is 24.4. The third-order valence-electron chi connectivity index (χ3n) is 6.23. The molecule has 0 saturated heterocycles. The summed E-state index contributed by atoms with van der Waals surface area (Å²) in [6.45, 7) is 0. The van der Waals surface area contributed by atoms with Crippen LogP contribution in [0, 0.1) is 0 Å². The number of aromatic hydroxyl groups is 5. The quantitative estimate of drug-likeness (QED) is 0.193. The van der Waals surface area contributed by atoms with Gasteiger partial charge in [0.1, 0.15) is 56.8 Å². The first-order valence-electron chi connectivity index (χ1n) is 11.8. The predicted molar refractivity (Wildman–Crippen MR) is 143 cm³/mol. The topological polar surface area (TPSA) is 171 Å².